The van der Waals surface area contributed by atoms with Gasteiger partial charge in [-0.25, -0.2) is 23.5 Å². The zero-order valence-corrected chi connectivity index (χ0v) is 21.0. The average molecular weight is 532 g/mol. The first-order valence-corrected chi connectivity index (χ1v) is 13.0. The third kappa shape index (κ3) is 4.92. The Kier molecular flexibility index (Phi) is 6.42. The van der Waals surface area contributed by atoms with Crippen LogP contribution in [0, 0.1) is 11.6 Å². The molecule has 6 rings (SSSR count). The number of anilines is 2. The molecule has 0 aliphatic carbocycles. The molecule has 0 saturated carbocycles. The Hall–Kier alpha value is -4.38. The van der Waals surface area contributed by atoms with E-state index in [1.807, 2.05) is 16.0 Å². The molecule has 2 amide bonds. The third-order valence-electron chi connectivity index (χ3n) is 6.49. The number of nitrogens with zero attached hydrogens (tertiary/aromatic N) is 5. The molecule has 0 atom stereocenters. The van der Waals surface area contributed by atoms with Gasteiger partial charge in [0, 0.05) is 42.0 Å². The quantitative estimate of drug-likeness (QED) is 0.295. The van der Waals surface area contributed by atoms with E-state index >= 15 is 0 Å². The fraction of sp³-hybridized carbons (Fsp3) is 0.185. The maximum absolute atomic E-state index is 13.5. The van der Waals surface area contributed by atoms with Crippen molar-refractivity contribution in [3.8, 4) is 22.6 Å². The van der Waals surface area contributed by atoms with E-state index in [2.05, 4.69) is 15.6 Å². The summed E-state index contributed by atoms with van der Waals surface area (Å²) in [5.41, 5.74) is 3.50. The van der Waals surface area contributed by atoms with Gasteiger partial charge in [-0.1, -0.05) is 0 Å². The Bertz CT molecular complexity index is 1580. The molecule has 0 bridgehead atoms. The molecule has 38 heavy (non-hydrogen) atoms. The maximum atomic E-state index is 13.5. The summed E-state index contributed by atoms with van der Waals surface area (Å²) in [7, 11) is 0. The van der Waals surface area contributed by atoms with E-state index in [1.165, 1.54) is 35.6 Å². The molecule has 192 valence electrons. The summed E-state index contributed by atoms with van der Waals surface area (Å²) in [6.07, 6.45) is 6.79. The molecule has 1 aliphatic heterocycles. The van der Waals surface area contributed by atoms with Crippen LogP contribution in [-0.2, 0) is 0 Å². The second kappa shape index (κ2) is 10.2. The number of halogens is 2. The molecule has 4 heterocycles. The number of fused-ring (bicyclic) bond motifs is 1. The van der Waals surface area contributed by atoms with E-state index in [0.29, 0.717) is 36.0 Å². The molecular formula is C27H23F2N7OS. The van der Waals surface area contributed by atoms with E-state index in [0.717, 1.165) is 29.1 Å². The molecule has 1 aliphatic rings. The molecule has 11 heteroatoms. The Labute approximate surface area is 221 Å². The molecule has 1 saturated heterocycles. The number of benzene rings is 2. The second-order valence-corrected chi connectivity index (χ2v) is 9.88. The van der Waals surface area contributed by atoms with Crippen molar-refractivity contribution in [2.24, 2.45) is 0 Å². The molecule has 1 fully saturated rings. The number of likely N-dealkylation sites (tertiary alicyclic amines) is 1. The van der Waals surface area contributed by atoms with Crippen molar-refractivity contribution in [1.82, 2.24) is 24.3 Å². The number of rotatable bonds is 5. The highest BCUT2D eigenvalue weighted by molar-refractivity contribution is 7.15. The maximum Gasteiger partial charge on any atom is 0.321 e. The van der Waals surface area contributed by atoms with Crippen molar-refractivity contribution in [3.05, 3.63) is 84.1 Å². The summed E-state index contributed by atoms with van der Waals surface area (Å²) in [6, 6.07) is 11.9. The van der Waals surface area contributed by atoms with Crippen LogP contribution in [-0.4, -0.2) is 49.4 Å². The van der Waals surface area contributed by atoms with Crippen molar-refractivity contribution in [2.75, 3.05) is 23.7 Å². The number of urea groups is 1. The van der Waals surface area contributed by atoms with Gasteiger partial charge in [0.05, 0.1) is 18.1 Å². The number of nitrogens with one attached hydrogen (secondary N) is 2. The van der Waals surface area contributed by atoms with E-state index in [9.17, 15) is 13.6 Å². The van der Waals surface area contributed by atoms with Crippen molar-refractivity contribution < 1.29 is 13.6 Å². The van der Waals surface area contributed by atoms with Gasteiger partial charge in [-0.2, -0.15) is 0 Å². The highest BCUT2D eigenvalue weighted by atomic mass is 32.1. The monoisotopic (exact) mass is 531 g/mol. The predicted molar refractivity (Wildman–Crippen MR) is 143 cm³/mol. The molecule has 2 aromatic carbocycles. The fourth-order valence-electron chi connectivity index (χ4n) is 4.56. The molecule has 2 N–H and O–H groups in total. The lowest BCUT2D eigenvalue weighted by Gasteiger charge is -2.32. The Morgan fingerprint density at radius 1 is 0.947 bits per heavy atom. The molecule has 5 aromatic rings. The van der Waals surface area contributed by atoms with Crippen molar-refractivity contribution >= 4 is 33.8 Å². The number of carbonyl (C=O) groups is 1. The summed E-state index contributed by atoms with van der Waals surface area (Å²) in [6.45, 7) is 1.15. The SMILES string of the molecule is O=C(Nc1ccc(F)cc1)N1CCC(Nc2cncc(-c3c(-c4ccc(F)cc4)nc4sccn34)n2)CC1. The predicted octanol–water partition coefficient (Wildman–Crippen LogP) is 5.91. The lowest BCUT2D eigenvalue weighted by molar-refractivity contribution is 0.197. The topological polar surface area (TPSA) is 87.5 Å². The van der Waals surface area contributed by atoms with Crippen LogP contribution in [0.15, 0.2) is 72.5 Å². The minimum Gasteiger partial charge on any atom is -0.366 e. The number of thiazole rings is 1. The number of amides is 2. The molecule has 0 spiro atoms. The van der Waals surface area contributed by atoms with Crippen LogP contribution in [0.1, 0.15) is 12.8 Å². The number of hydrogen-bond acceptors (Lipinski definition) is 6. The Morgan fingerprint density at radius 3 is 2.39 bits per heavy atom. The summed E-state index contributed by atoms with van der Waals surface area (Å²) in [5, 5.41) is 8.22. The highest BCUT2D eigenvalue weighted by Gasteiger charge is 2.24. The average Bonchev–Trinajstić information content (AvgIpc) is 3.53. The van der Waals surface area contributed by atoms with Gasteiger partial charge in [-0.15, -0.1) is 11.3 Å². The van der Waals surface area contributed by atoms with Crippen LogP contribution >= 0.6 is 11.3 Å². The van der Waals surface area contributed by atoms with Gasteiger partial charge in [0.15, 0.2) is 4.96 Å². The van der Waals surface area contributed by atoms with Crippen LogP contribution in [0.3, 0.4) is 0 Å². The van der Waals surface area contributed by atoms with Crippen molar-refractivity contribution in [2.45, 2.75) is 18.9 Å². The molecule has 0 unspecified atom stereocenters. The smallest absolute Gasteiger partial charge is 0.321 e. The number of aromatic nitrogens is 4. The number of carbonyl (C=O) groups excluding carboxylic acids is 1. The molecular weight excluding hydrogens is 508 g/mol. The first-order valence-electron chi connectivity index (χ1n) is 12.2. The van der Waals surface area contributed by atoms with Crippen LogP contribution < -0.4 is 10.6 Å². The lowest BCUT2D eigenvalue weighted by atomic mass is 10.1. The van der Waals surface area contributed by atoms with Gasteiger partial charge in [-0.05, 0) is 61.4 Å². The third-order valence-corrected chi connectivity index (χ3v) is 7.24. The Balaban J connectivity index is 1.16. The van der Waals surface area contributed by atoms with Crippen LogP contribution in [0.2, 0.25) is 0 Å². The van der Waals surface area contributed by atoms with Crippen LogP contribution in [0.25, 0.3) is 27.6 Å². The fourth-order valence-corrected chi connectivity index (χ4v) is 5.27. The van der Waals surface area contributed by atoms with Gasteiger partial charge in [0.1, 0.15) is 28.8 Å². The number of piperidine rings is 1. The van der Waals surface area contributed by atoms with Crippen LogP contribution in [0.4, 0.5) is 25.1 Å². The van der Waals surface area contributed by atoms with E-state index in [1.54, 1.807) is 41.6 Å². The standard InChI is InChI=1S/C27H23F2N7OS/c28-18-3-1-17(2-4-18)24-25(36-13-14-38-27(36)34-24)22-15-30-16-23(33-22)31-21-9-11-35(12-10-21)26(37)32-20-7-5-19(29)6-8-20/h1-8,13-16,21H,9-12H2,(H,31,33)(H,32,37). The van der Waals surface area contributed by atoms with Crippen molar-refractivity contribution in [3.63, 3.8) is 0 Å². The van der Waals surface area contributed by atoms with Crippen molar-refractivity contribution in [1.29, 1.82) is 0 Å². The highest BCUT2D eigenvalue weighted by Crippen LogP contribution is 2.33. The van der Waals surface area contributed by atoms with E-state index in [-0.39, 0.29) is 23.7 Å². The summed E-state index contributed by atoms with van der Waals surface area (Å²) in [5.74, 6) is -0.0186. The van der Waals surface area contributed by atoms with E-state index in [4.69, 9.17) is 9.97 Å². The van der Waals surface area contributed by atoms with E-state index < -0.39 is 0 Å². The van der Waals surface area contributed by atoms with Gasteiger partial charge in [0.2, 0.25) is 0 Å². The molecule has 0 radical (unpaired) electrons. The summed E-state index contributed by atoms with van der Waals surface area (Å²) in [4.78, 5) is 29.2. The minimum atomic E-state index is -0.346. The van der Waals surface area contributed by atoms with Gasteiger partial charge < -0.3 is 15.5 Å². The molecule has 3 aromatic heterocycles. The van der Waals surface area contributed by atoms with Crippen LogP contribution in [0.5, 0.6) is 0 Å². The zero-order chi connectivity index (χ0) is 26.1. The van der Waals surface area contributed by atoms with Gasteiger partial charge >= 0.3 is 6.03 Å². The Morgan fingerprint density at radius 2 is 1.66 bits per heavy atom. The first kappa shape index (κ1) is 24.0. The van der Waals surface area contributed by atoms with Gasteiger partial charge in [0.25, 0.3) is 0 Å². The molecule has 8 nitrogen and oxygen atoms in total. The summed E-state index contributed by atoms with van der Waals surface area (Å²) >= 11 is 1.51. The number of hydrogen-bond donors (Lipinski definition) is 2. The summed E-state index contributed by atoms with van der Waals surface area (Å²) < 4.78 is 28.6. The second-order valence-electron chi connectivity index (χ2n) is 9.00. The minimum absolute atomic E-state index is 0.123. The number of imidazole rings is 1. The first-order chi connectivity index (χ1) is 18.5. The largest absolute Gasteiger partial charge is 0.366 e. The lowest BCUT2D eigenvalue weighted by Crippen LogP contribution is -2.44. The normalized spacial score (nSPS) is 14.1. The zero-order valence-electron chi connectivity index (χ0n) is 20.1. The van der Waals surface area contributed by atoms with Gasteiger partial charge in [-0.3, -0.25) is 9.38 Å².